The monoisotopic (exact) mass is 410 g/mol. The molecule has 0 aliphatic heterocycles. The van der Waals surface area contributed by atoms with Crippen molar-refractivity contribution >= 4 is 33.4 Å². The summed E-state index contributed by atoms with van der Waals surface area (Å²) >= 11 is 1.42. The quantitative estimate of drug-likeness (QED) is 0.597. The van der Waals surface area contributed by atoms with Crippen LogP contribution in [0, 0.1) is 20.8 Å². The average molecular weight is 411 g/mol. The summed E-state index contributed by atoms with van der Waals surface area (Å²) in [6.45, 7) is 8.21. The number of hydrogen-bond donors (Lipinski definition) is 0. The van der Waals surface area contributed by atoms with Crippen LogP contribution in [0.3, 0.4) is 0 Å². The van der Waals surface area contributed by atoms with Crippen LogP contribution in [0.4, 0.5) is 0 Å². The summed E-state index contributed by atoms with van der Waals surface area (Å²) < 4.78 is 7.60. The van der Waals surface area contributed by atoms with Crippen LogP contribution in [0.5, 0.6) is 0 Å². The number of methoxy groups -OCH3 is 1. The van der Waals surface area contributed by atoms with Gasteiger partial charge in [-0.3, -0.25) is 9.59 Å². The summed E-state index contributed by atoms with van der Waals surface area (Å²) in [5, 5.41) is 0. The SMILES string of the molecule is CCc1ccc2c(c1)sc(=NC(=O)Cc1c(C)cc(C)cc1C)n2CC(=O)OC. The number of ether oxygens (including phenoxy) is 1. The standard InChI is InChI=1S/C23H26N2O3S/c1-6-17-7-8-19-20(11-17)29-23(25(19)13-22(27)28-5)24-21(26)12-18-15(3)9-14(2)10-16(18)4/h7-11H,6,12-13H2,1-5H3. The molecule has 5 nitrogen and oxygen atoms in total. The fourth-order valence-corrected chi connectivity index (χ4v) is 4.67. The van der Waals surface area contributed by atoms with E-state index in [0.717, 1.165) is 33.3 Å². The molecule has 0 aliphatic rings. The predicted molar refractivity (Wildman–Crippen MR) is 116 cm³/mol. The number of hydrogen-bond acceptors (Lipinski definition) is 4. The number of aryl methyl sites for hydroxylation is 4. The second-order valence-corrected chi connectivity index (χ2v) is 8.27. The van der Waals surface area contributed by atoms with Gasteiger partial charge in [0.15, 0.2) is 4.80 Å². The van der Waals surface area contributed by atoms with Crippen LogP contribution < -0.4 is 4.80 Å². The van der Waals surface area contributed by atoms with Crippen molar-refractivity contribution in [3.8, 4) is 0 Å². The Morgan fingerprint density at radius 3 is 2.41 bits per heavy atom. The average Bonchev–Trinajstić information content (AvgIpc) is 3.00. The topological polar surface area (TPSA) is 60.7 Å². The highest BCUT2D eigenvalue weighted by atomic mass is 32.1. The molecule has 1 aromatic heterocycles. The molecule has 3 rings (SSSR count). The highest BCUT2D eigenvalue weighted by Crippen LogP contribution is 2.21. The molecule has 0 saturated carbocycles. The maximum Gasteiger partial charge on any atom is 0.325 e. The minimum absolute atomic E-state index is 0.0245. The van der Waals surface area contributed by atoms with Gasteiger partial charge < -0.3 is 9.30 Å². The molecule has 1 heterocycles. The Morgan fingerprint density at radius 2 is 1.79 bits per heavy atom. The molecule has 0 unspecified atom stereocenters. The van der Waals surface area contributed by atoms with Gasteiger partial charge in [-0.25, -0.2) is 0 Å². The van der Waals surface area contributed by atoms with E-state index in [1.54, 1.807) is 4.57 Å². The molecule has 1 amide bonds. The van der Waals surface area contributed by atoms with Gasteiger partial charge >= 0.3 is 5.97 Å². The predicted octanol–water partition coefficient (Wildman–Crippen LogP) is 4.03. The van der Waals surface area contributed by atoms with Crippen molar-refractivity contribution in [3.05, 3.63) is 63.0 Å². The van der Waals surface area contributed by atoms with E-state index in [4.69, 9.17) is 4.74 Å². The lowest BCUT2D eigenvalue weighted by molar-refractivity contribution is -0.141. The molecular formula is C23H26N2O3S. The summed E-state index contributed by atoms with van der Waals surface area (Å²) in [5.74, 6) is -0.593. The van der Waals surface area contributed by atoms with Crippen molar-refractivity contribution in [3.63, 3.8) is 0 Å². The summed E-state index contributed by atoms with van der Waals surface area (Å²) in [6, 6.07) is 10.3. The maximum atomic E-state index is 12.8. The summed E-state index contributed by atoms with van der Waals surface area (Å²) in [4.78, 5) is 29.6. The molecule has 0 atom stereocenters. The van der Waals surface area contributed by atoms with Gasteiger partial charge in [0, 0.05) is 0 Å². The largest absolute Gasteiger partial charge is 0.468 e. The number of nitrogens with zero attached hydrogens (tertiary/aromatic N) is 2. The number of benzene rings is 2. The van der Waals surface area contributed by atoms with Gasteiger partial charge in [0.25, 0.3) is 5.91 Å². The smallest absolute Gasteiger partial charge is 0.325 e. The van der Waals surface area contributed by atoms with Crippen molar-refractivity contribution in [2.24, 2.45) is 4.99 Å². The third-order valence-electron chi connectivity index (χ3n) is 5.06. The number of amides is 1. The van der Waals surface area contributed by atoms with Crippen LogP contribution in [0.1, 0.15) is 34.7 Å². The van der Waals surface area contributed by atoms with Crippen LogP contribution in [-0.4, -0.2) is 23.6 Å². The van der Waals surface area contributed by atoms with Gasteiger partial charge in [-0.1, -0.05) is 42.0 Å². The second-order valence-electron chi connectivity index (χ2n) is 7.26. The lowest BCUT2D eigenvalue weighted by Crippen LogP contribution is -2.22. The van der Waals surface area contributed by atoms with Crippen molar-refractivity contribution in [1.29, 1.82) is 0 Å². The first-order valence-electron chi connectivity index (χ1n) is 9.65. The number of thiazole rings is 1. The molecule has 3 aromatic rings. The van der Waals surface area contributed by atoms with E-state index >= 15 is 0 Å². The molecule has 0 N–H and O–H groups in total. The van der Waals surface area contributed by atoms with Crippen molar-refractivity contribution in [1.82, 2.24) is 4.57 Å². The molecule has 0 bridgehead atoms. The Balaban J connectivity index is 2.05. The third-order valence-corrected chi connectivity index (χ3v) is 6.10. The first-order chi connectivity index (χ1) is 13.8. The van der Waals surface area contributed by atoms with Crippen LogP contribution in [-0.2, 0) is 33.7 Å². The van der Waals surface area contributed by atoms with E-state index in [1.165, 1.54) is 29.6 Å². The fourth-order valence-electron chi connectivity index (χ4n) is 3.56. The van der Waals surface area contributed by atoms with E-state index in [9.17, 15) is 9.59 Å². The lowest BCUT2D eigenvalue weighted by atomic mass is 9.97. The minimum Gasteiger partial charge on any atom is -0.468 e. The van der Waals surface area contributed by atoms with Crippen LogP contribution in [0.2, 0.25) is 0 Å². The van der Waals surface area contributed by atoms with Crippen molar-refractivity contribution in [2.75, 3.05) is 7.11 Å². The van der Waals surface area contributed by atoms with E-state index < -0.39 is 0 Å². The van der Waals surface area contributed by atoms with E-state index in [1.807, 2.05) is 32.9 Å². The summed E-state index contributed by atoms with van der Waals surface area (Å²) in [5.41, 5.74) is 6.47. The zero-order valence-electron chi connectivity index (χ0n) is 17.5. The molecule has 152 valence electrons. The van der Waals surface area contributed by atoms with Gasteiger partial charge in [0.2, 0.25) is 0 Å². The number of aromatic nitrogens is 1. The van der Waals surface area contributed by atoms with Crippen molar-refractivity contribution < 1.29 is 14.3 Å². The summed E-state index contributed by atoms with van der Waals surface area (Å²) in [6.07, 6.45) is 1.16. The number of carbonyl (C=O) groups is 2. The van der Waals surface area contributed by atoms with Crippen LogP contribution >= 0.6 is 11.3 Å². The van der Waals surface area contributed by atoms with Gasteiger partial charge in [-0.05, 0) is 61.6 Å². The van der Waals surface area contributed by atoms with E-state index in [2.05, 4.69) is 30.1 Å². The van der Waals surface area contributed by atoms with Gasteiger partial charge in [0.05, 0.1) is 23.7 Å². The molecule has 29 heavy (non-hydrogen) atoms. The zero-order valence-corrected chi connectivity index (χ0v) is 18.4. The van der Waals surface area contributed by atoms with Gasteiger partial charge in [-0.15, -0.1) is 0 Å². The molecule has 6 heteroatoms. The van der Waals surface area contributed by atoms with Gasteiger partial charge in [-0.2, -0.15) is 4.99 Å². The van der Waals surface area contributed by atoms with Gasteiger partial charge in [0.1, 0.15) is 6.54 Å². The number of esters is 1. The highest BCUT2D eigenvalue weighted by Gasteiger charge is 2.14. The van der Waals surface area contributed by atoms with E-state index in [-0.39, 0.29) is 24.8 Å². The molecular weight excluding hydrogens is 384 g/mol. The number of carbonyl (C=O) groups excluding carboxylic acids is 2. The van der Waals surface area contributed by atoms with Crippen LogP contribution in [0.15, 0.2) is 35.3 Å². The third kappa shape index (κ3) is 4.65. The normalized spacial score (nSPS) is 11.8. The molecule has 0 aliphatic carbocycles. The number of fused-ring (bicyclic) bond motifs is 1. The molecule has 0 fully saturated rings. The fraction of sp³-hybridized carbons (Fsp3) is 0.348. The Kier molecular flexibility index (Phi) is 6.33. The number of rotatable bonds is 5. The van der Waals surface area contributed by atoms with E-state index in [0.29, 0.717) is 4.80 Å². The first kappa shape index (κ1) is 21.0. The highest BCUT2D eigenvalue weighted by molar-refractivity contribution is 7.16. The van der Waals surface area contributed by atoms with Crippen molar-refractivity contribution in [2.45, 2.75) is 47.1 Å². The molecule has 0 radical (unpaired) electrons. The first-order valence-corrected chi connectivity index (χ1v) is 10.5. The Morgan fingerprint density at radius 1 is 1.10 bits per heavy atom. The molecule has 2 aromatic carbocycles. The molecule has 0 spiro atoms. The molecule has 0 saturated heterocycles. The Hall–Kier alpha value is -2.73. The second kappa shape index (κ2) is 8.74. The van der Waals surface area contributed by atoms with Crippen LogP contribution in [0.25, 0.3) is 10.2 Å². The maximum absolute atomic E-state index is 12.8. The minimum atomic E-state index is -0.372. The zero-order chi connectivity index (χ0) is 21.1. The summed E-state index contributed by atoms with van der Waals surface area (Å²) in [7, 11) is 1.36. The lowest BCUT2D eigenvalue weighted by Gasteiger charge is -2.09. The Labute approximate surface area is 174 Å². The Bertz CT molecular complexity index is 1130.